The molecule has 0 spiro atoms. The van der Waals surface area contributed by atoms with Crippen molar-refractivity contribution in [3.8, 4) is 0 Å². The highest BCUT2D eigenvalue weighted by molar-refractivity contribution is 6.30. The molecule has 2 rings (SSSR count). The minimum atomic E-state index is -1.16. The first-order chi connectivity index (χ1) is 10.5. The molecular weight excluding hydrogens is 309 g/mol. The molecule has 0 bridgehead atoms. The van der Waals surface area contributed by atoms with Crippen LogP contribution in [0.4, 0.5) is 4.39 Å². The third kappa shape index (κ3) is 4.30. The van der Waals surface area contributed by atoms with Crippen LogP contribution in [0.25, 0.3) is 0 Å². The second kappa shape index (κ2) is 7.04. The molecule has 0 unspecified atom stereocenters. The fourth-order valence-corrected chi connectivity index (χ4v) is 2.16. The van der Waals surface area contributed by atoms with Crippen LogP contribution in [0, 0.1) is 5.82 Å². The van der Waals surface area contributed by atoms with E-state index in [0.717, 1.165) is 12.1 Å². The first-order valence-electron chi connectivity index (χ1n) is 6.49. The minimum Gasteiger partial charge on any atom is -0.480 e. The number of nitrogens with one attached hydrogen (secondary N) is 1. The van der Waals surface area contributed by atoms with E-state index in [1.54, 1.807) is 24.3 Å². The lowest BCUT2D eigenvalue weighted by atomic mass is 10.1. The number of hydrogen-bond acceptors (Lipinski definition) is 2. The molecule has 0 fully saturated rings. The molecule has 1 amide bonds. The Morgan fingerprint density at radius 3 is 2.45 bits per heavy atom. The normalized spacial score (nSPS) is 11.7. The Kier molecular flexibility index (Phi) is 5.12. The van der Waals surface area contributed by atoms with Gasteiger partial charge in [0.05, 0.1) is 0 Å². The third-order valence-electron chi connectivity index (χ3n) is 3.04. The van der Waals surface area contributed by atoms with Crippen molar-refractivity contribution < 1.29 is 19.1 Å². The average molecular weight is 322 g/mol. The highest BCUT2D eigenvalue weighted by Crippen LogP contribution is 2.13. The molecule has 0 heterocycles. The van der Waals surface area contributed by atoms with Crippen molar-refractivity contribution in [2.75, 3.05) is 0 Å². The van der Waals surface area contributed by atoms with E-state index in [2.05, 4.69) is 5.32 Å². The Bertz CT molecular complexity index is 688. The van der Waals surface area contributed by atoms with Crippen LogP contribution in [0.1, 0.15) is 15.9 Å². The number of carbonyl (C=O) groups excluding carboxylic acids is 1. The maximum atomic E-state index is 12.8. The second-order valence-electron chi connectivity index (χ2n) is 4.71. The van der Waals surface area contributed by atoms with Crippen LogP contribution in [0.3, 0.4) is 0 Å². The molecule has 0 saturated carbocycles. The molecule has 22 heavy (non-hydrogen) atoms. The zero-order chi connectivity index (χ0) is 16.1. The second-order valence-corrected chi connectivity index (χ2v) is 5.14. The molecule has 1 atom stereocenters. The van der Waals surface area contributed by atoms with Crippen LogP contribution in [-0.4, -0.2) is 23.0 Å². The van der Waals surface area contributed by atoms with Crippen molar-refractivity contribution in [3.05, 3.63) is 70.5 Å². The third-order valence-corrected chi connectivity index (χ3v) is 3.27. The summed E-state index contributed by atoms with van der Waals surface area (Å²) in [4.78, 5) is 23.3. The Morgan fingerprint density at radius 2 is 1.86 bits per heavy atom. The standard InChI is InChI=1S/C16H13ClFNO3/c17-12-3-1-2-10(8-12)9-14(16(21)22)19-15(20)11-4-6-13(18)7-5-11/h1-8,14H,9H2,(H,19,20)(H,21,22)/t14-/m0/s1. The zero-order valence-corrected chi connectivity index (χ0v) is 12.2. The Labute approximate surface area is 131 Å². The van der Waals surface area contributed by atoms with Crippen molar-refractivity contribution in [1.29, 1.82) is 0 Å². The van der Waals surface area contributed by atoms with Crippen molar-refractivity contribution in [3.63, 3.8) is 0 Å². The summed E-state index contributed by atoms with van der Waals surface area (Å²) < 4.78 is 12.8. The van der Waals surface area contributed by atoms with Crippen molar-refractivity contribution in [1.82, 2.24) is 5.32 Å². The summed E-state index contributed by atoms with van der Waals surface area (Å²) >= 11 is 5.85. The smallest absolute Gasteiger partial charge is 0.326 e. The highest BCUT2D eigenvalue weighted by atomic mass is 35.5. The van der Waals surface area contributed by atoms with Gasteiger partial charge in [0.15, 0.2) is 0 Å². The van der Waals surface area contributed by atoms with E-state index in [4.69, 9.17) is 11.6 Å². The van der Waals surface area contributed by atoms with Gasteiger partial charge in [0.1, 0.15) is 11.9 Å². The Balaban J connectivity index is 2.10. The largest absolute Gasteiger partial charge is 0.480 e. The molecule has 0 aliphatic heterocycles. The van der Waals surface area contributed by atoms with E-state index in [9.17, 15) is 19.1 Å². The first-order valence-corrected chi connectivity index (χ1v) is 6.87. The highest BCUT2D eigenvalue weighted by Gasteiger charge is 2.21. The van der Waals surface area contributed by atoms with Gasteiger partial charge in [-0.05, 0) is 42.0 Å². The molecule has 2 N–H and O–H groups in total. The predicted octanol–water partition coefficient (Wildman–Crippen LogP) is 2.90. The van der Waals surface area contributed by atoms with Gasteiger partial charge in [-0.25, -0.2) is 9.18 Å². The lowest BCUT2D eigenvalue weighted by Crippen LogP contribution is -2.42. The fraction of sp³-hybridized carbons (Fsp3) is 0.125. The molecule has 0 saturated heterocycles. The molecule has 0 radical (unpaired) electrons. The number of carboxylic acid groups (broad SMARTS) is 1. The molecule has 4 nitrogen and oxygen atoms in total. The van der Waals surface area contributed by atoms with E-state index >= 15 is 0 Å². The van der Waals surface area contributed by atoms with Gasteiger partial charge in [-0.15, -0.1) is 0 Å². The molecule has 6 heteroatoms. The topological polar surface area (TPSA) is 66.4 Å². The zero-order valence-electron chi connectivity index (χ0n) is 11.4. The van der Waals surface area contributed by atoms with Crippen LogP contribution in [-0.2, 0) is 11.2 Å². The summed E-state index contributed by atoms with van der Waals surface area (Å²) in [6, 6.07) is 10.5. The summed E-state index contributed by atoms with van der Waals surface area (Å²) in [5.41, 5.74) is 0.887. The minimum absolute atomic E-state index is 0.100. The first kappa shape index (κ1) is 16.0. The van der Waals surface area contributed by atoms with E-state index in [0.29, 0.717) is 10.6 Å². The van der Waals surface area contributed by atoms with Crippen molar-refractivity contribution in [2.45, 2.75) is 12.5 Å². The summed E-state index contributed by atoms with van der Waals surface area (Å²) in [6.07, 6.45) is 0.100. The lowest BCUT2D eigenvalue weighted by molar-refractivity contribution is -0.139. The molecule has 114 valence electrons. The molecule has 0 aromatic heterocycles. The summed E-state index contributed by atoms with van der Waals surface area (Å²) in [5, 5.41) is 12.1. The van der Waals surface area contributed by atoms with E-state index in [-0.39, 0.29) is 12.0 Å². The van der Waals surface area contributed by atoms with Gasteiger partial charge in [-0.2, -0.15) is 0 Å². The number of halogens is 2. The number of hydrogen-bond donors (Lipinski definition) is 2. The number of carboxylic acids is 1. The molecule has 0 aliphatic rings. The van der Waals surface area contributed by atoms with Crippen LogP contribution in [0.2, 0.25) is 5.02 Å². The summed E-state index contributed by atoms with van der Waals surface area (Å²) in [6.45, 7) is 0. The van der Waals surface area contributed by atoms with Crippen molar-refractivity contribution in [2.24, 2.45) is 0 Å². The van der Waals surface area contributed by atoms with Crippen LogP contribution in [0.15, 0.2) is 48.5 Å². The number of amides is 1. The molecule has 2 aromatic carbocycles. The van der Waals surface area contributed by atoms with Gasteiger partial charge in [0.25, 0.3) is 5.91 Å². The number of rotatable bonds is 5. The van der Waals surface area contributed by atoms with Crippen LogP contribution >= 0.6 is 11.6 Å². The monoisotopic (exact) mass is 321 g/mol. The van der Waals surface area contributed by atoms with E-state index < -0.39 is 23.7 Å². The Hall–Kier alpha value is -2.40. The SMILES string of the molecule is O=C(N[C@@H](Cc1cccc(Cl)c1)C(=O)O)c1ccc(F)cc1. The lowest BCUT2D eigenvalue weighted by Gasteiger charge is -2.15. The summed E-state index contributed by atoms with van der Waals surface area (Å²) in [7, 11) is 0. The molecular formula is C16H13ClFNO3. The van der Waals surface area contributed by atoms with E-state index in [1.165, 1.54) is 12.1 Å². The quantitative estimate of drug-likeness (QED) is 0.890. The maximum absolute atomic E-state index is 12.8. The van der Waals surface area contributed by atoms with Crippen LogP contribution in [0.5, 0.6) is 0 Å². The maximum Gasteiger partial charge on any atom is 0.326 e. The number of aliphatic carboxylic acids is 1. The van der Waals surface area contributed by atoms with Gasteiger partial charge in [-0.1, -0.05) is 23.7 Å². The van der Waals surface area contributed by atoms with Crippen molar-refractivity contribution >= 4 is 23.5 Å². The summed E-state index contributed by atoms with van der Waals surface area (Å²) in [5.74, 6) is -2.20. The van der Waals surface area contributed by atoms with Gasteiger partial charge >= 0.3 is 5.97 Å². The van der Waals surface area contributed by atoms with Gasteiger partial charge in [0, 0.05) is 17.0 Å². The number of carbonyl (C=O) groups is 2. The predicted molar refractivity (Wildman–Crippen MR) is 80.4 cm³/mol. The van der Waals surface area contributed by atoms with E-state index in [1.807, 2.05) is 0 Å². The fourth-order valence-electron chi connectivity index (χ4n) is 1.94. The molecule has 2 aromatic rings. The molecule has 0 aliphatic carbocycles. The average Bonchev–Trinajstić information content (AvgIpc) is 2.47. The Morgan fingerprint density at radius 1 is 1.18 bits per heavy atom. The van der Waals surface area contributed by atoms with Gasteiger partial charge in [0.2, 0.25) is 0 Å². The number of benzene rings is 2. The van der Waals surface area contributed by atoms with Gasteiger partial charge < -0.3 is 10.4 Å². The van der Waals surface area contributed by atoms with Crippen LogP contribution < -0.4 is 5.32 Å². The van der Waals surface area contributed by atoms with Gasteiger partial charge in [-0.3, -0.25) is 4.79 Å².